The maximum atomic E-state index is 11.8. The van der Waals surface area contributed by atoms with E-state index >= 15 is 0 Å². The van der Waals surface area contributed by atoms with Gasteiger partial charge in [-0.2, -0.15) is 5.26 Å². The lowest BCUT2D eigenvalue weighted by Gasteiger charge is -2.14. The molecule has 0 radical (unpaired) electrons. The summed E-state index contributed by atoms with van der Waals surface area (Å²) in [5.41, 5.74) is 0.996. The number of aromatic amines is 1. The zero-order valence-corrected chi connectivity index (χ0v) is 12.8. The molecule has 6 heteroatoms. The minimum Gasteiger partial charge on any atom is -0.299 e. The quantitative estimate of drug-likeness (QED) is 0.915. The van der Waals surface area contributed by atoms with Gasteiger partial charge in [-0.15, -0.1) is 0 Å². The summed E-state index contributed by atoms with van der Waals surface area (Å²) in [5.74, 6) is 0. The fourth-order valence-electron chi connectivity index (χ4n) is 2.85. The molecule has 0 saturated carbocycles. The Balaban J connectivity index is 1.74. The Morgan fingerprint density at radius 1 is 1.04 bits per heavy atom. The molecule has 0 aliphatic carbocycles. The van der Waals surface area contributed by atoms with E-state index in [-0.39, 0.29) is 5.56 Å². The summed E-state index contributed by atoms with van der Waals surface area (Å²) >= 11 is 0. The largest absolute Gasteiger partial charge is 0.328 e. The molecule has 1 fully saturated rings. The van der Waals surface area contributed by atoms with E-state index in [0.717, 1.165) is 25.2 Å². The van der Waals surface area contributed by atoms with E-state index < -0.39 is 11.2 Å². The molecule has 23 heavy (non-hydrogen) atoms. The van der Waals surface area contributed by atoms with Gasteiger partial charge in [0.1, 0.15) is 11.6 Å². The third-order valence-electron chi connectivity index (χ3n) is 4.11. The summed E-state index contributed by atoms with van der Waals surface area (Å²) in [6, 6.07) is 9.88. The van der Waals surface area contributed by atoms with Crippen molar-refractivity contribution < 1.29 is 0 Å². The van der Waals surface area contributed by atoms with Gasteiger partial charge in [-0.05, 0) is 37.1 Å². The molecule has 1 aromatic heterocycles. The van der Waals surface area contributed by atoms with E-state index in [9.17, 15) is 9.59 Å². The highest BCUT2D eigenvalue weighted by Crippen LogP contribution is 2.13. The highest BCUT2D eigenvalue weighted by atomic mass is 16.2. The molecule has 1 aliphatic rings. The fourth-order valence-corrected chi connectivity index (χ4v) is 2.85. The first kappa shape index (κ1) is 15.3. The van der Waals surface area contributed by atoms with Crippen LogP contribution < -0.4 is 11.2 Å². The van der Waals surface area contributed by atoms with Crippen LogP contribution in [-0.4, -0.2) is 27.5 Å². The fraction of sp³-hybridized carbons (Fsp3) is 0.353. The van der Waals surface area contributed by atoms with Crippen molar-refractivity contribution in [2.45, 2.75) is 25.9 Å². The molecule has 0 amide bonds. The molecule has 1 N–H and O–H groups in total. The summed E-state index contributed by atoms with van der Waals surface area (Å²) in [5, 5.41) is 8.88. The number of benzene rings is 1. The maximum absolute atomic E-state index is 11.8. The second-order valence-corrected chi connectivity index (χ2v) is 5.84. The molecule has 0 atom stereocenters. The number of nitriles is 1. The average molecular weight is 310 g/mol. The van der Waals surface area contributed by atoms with Crippen molar-refractivity contribution in [2.24, 2.45) is 0 Å². The smallest absolute Gasteiger partial charge is 0.299 e. The predicted molar refractivity (Wildman–Crippen MR) is 86.1 cm³/mol. The van der Waals surface area contributed by atoms with Crippen molar-refractivity contribution in [3.8, 4) is 6.07 Å². The van der Waals surface area contributed by atoms with E-state index in [1.165, 1.54) is 29.2 Å². The molecule has 1 aliphatic heterocycles. The van der Waals surface area contributed by atoms with E-state index in [1.807, 2.05) is 12.1 Å². The molecule has 118 valence electrons. The van der Waals surface area contributed by atoms with Crippen molar-refractivity contribution in [3.63, 3.8) is 0 Å². The first-order chi connectivity index (χ1) is 11.2. The lowest BCUT2D eigenvalue weighted by molar-refractivity contribution is 0.331. The van der Waals surface area contributed by atoms with Crippen molar-refractivity contribution in [1.82, 2.24) is 14.5 Å². The average Bonchev–Trinajstić information content (AvgIpc) is 3.05. The van der Waals surface area contributed by atoms with Crippen LogP contribution >= 0.6 is 0 Å². The monoisotopic (exact) mass is 310 g/mol. The topological polar surface area (TPSA) is 81.9 Å². The summed E-state index contributed by atoms with van der Waals surface area (Å²) in [6.07, 6.45) is 3.85. The molecule has 1 saturated heterocycles. The normalized spacial score (nSPS) is 14.7. The Kier molecular flexibility index (Phi) is 4.40. The molecule has 1 aromatic carbocycles. The van der Waals surface area contributed by atoms with Crippen molar-refractivity contribution in [1.29, 1.82) is 5.26 Å². The molecule has 0 spiro atoms. The standard InChI is InChI=1S/C17H18N4O2/c18-9-15-12-21(17(23)19-16(15)22)11-14-5-3-13(4-6-14)10-20-7-1-2-8-20/h3-6,12H,1-2,7-8,10-11H2,(H,19,22,23). The Morgan fingerprint density at radius 2 is 1.65 bits per heavy atom. The summed E-state index contributed by atoms with van der Waals surface area (Å²) in [6.45, 7) is 3.60. The lowest BCUT2D eigenvalue weighted by atomic mass is 10.1. The number of hydrogen-bond acceptors (Lipinski definition) is 4. The molecule has 6 nitrogen and oxygen atoms in total. The number of nitrogens with one attached hydrogen (secondary N) is 1. The molecule has 0 unspecified atom stereocenters. The highest BCUT2D eigenvalue weighted by molar-refractivity contribution is 5.25. The van der Waals surface area contributed by atoms with Gasteiger partial charge in [0, 0.05) is 12.7 Å². The van der Waals surface area contributed by atoms with Gasteiger partial charge in [0.2, 0.25) is 0 Å². The van der Waals surface area contributed by atoms with Crippen LogP contribution in [0.2, 0.25) is 0 Å². The molecule has 2 heterocycles. The van der Waals surface area contributed by atoms with Crippen LogP contribution in [0.4, 0.5) is 0 Å². The minimum absolute atomic E-state index is 0.0600. The summed E-state index contributed by atoms with van der Waals surface area (Å²) in [7, 11) is 0. The van der Waals surface area contributed by atoms with Crippen molar-refractivity contribution in [3.05, 3.63) is 68.0 Å². The Hall–Kier alpha value is -2.65. The van der Waals surface area contributed by atoms with Gasteiger partial charge in [0.05, 0.1) is 6.54 Å². The van der Waals surface area contributed by atoms with Crippen molar-refractivity contribution in [2.75, 3.05) is 13.1 Å². The number of likely N-dealkylation sites (tertiary alicyclic amines) is 1. The number of H-pyrrole nitrogens is 1. The third-order valence-corrected chi connectivity index (χ3v) is 4.11. The van der Waals surface area contributed by atoms with E-state index in [0.29, 0.717) is 6.54 Å². The lowest BCUT2D eigenvalue weighted by Crippen LogP contribution is -2.31. The van der Waals surface area contributed by atoms with Gasteiger partial charge >= 0.3 is 5.69 Å². The Morgan fingerprint density at radius 3 is 2.26 bits per heavy atom. The maximum Gasteiger partial charge on any atom is 0.328 e. The zero-order chi connectivity index (χ0) is 16.2. The number of aromatic nitrogens is 2. The summed E-state index contributed by atoms with van der Waals surface area (Å²) < 4.78 is 1.34. The van der Waals surface area contributed by atoms with E-state index in [2.05, 4.69) is 22.0 Å². The SMILES string of the molecule is N#Cc1cn(Cc2ccc(CN3CCCC3)cc2)c(=O)[nH]c1=O. The van der Waals surface area contributed by atoms with Crippen molar-refractivity contribution >= 4 is 0 Å². The van der Waals surface area contributed by atoms with Crippen LogP contribution in [0.1, 0.15) is 29.5 Å². The van der Waals surface area contributed by atoms with Crippen LogP contribution in [0.15, 0.2) is 40.1 Å². The molecular formula is C17H18N4O2. The van der Waals surface area contributed by atoms with E-state index in [1.54, 1.807) is 6.07 Å². The van der Waals surface area contributed by atoms with E-state index in [4.69, 9.17) is 5.26 Å². The van der Waals surface area contributed by atoms with Gasteiger partial charge in [-0.3, -0.25) is 19.2 Å². The first-order valence-electron chi connectivity index (χ1n) is 7.70. The highest BCUT2D eigenvalue weighted by Gasteiger charge is 2.11. The predicted octanol–water partition coefficient (Wildman–Crippen LogP) is 1.05. The zero-order valence-electron chi connectivity index (χ0n) is 12.8. The van der Waals surface area contributed by atoms with Gasteiger partial charge in [0.15, 0.2) is 0 Å². The van der Waals surface area contributed by atoms with Crippen LogP contribution in [-0.2, 0) is 13.1 Å². The minimum atomic E-state index is -0.644. The second-order valence-electron chi connectivity index (χ2n) is 5.84. The molecule has 0 bridgehead atoms. The third kappa shape index (κ3) is 3.58. The van der Waals surface area contributed by atoms with Crippen LogP contribution in [0.25, 0.3) is 0 Å². The first-order valence-corrected chi connectivity index (χ1v) is 7.70. The van der Waals surface area contributed by atoms with Crippen LogP contribution in [0.5, 0.6) is 0 Å². The second kappa shape index (κ2) is 6.63. The van der Waals surface area contributed by atoms with Gasteiger partial charge in [-0.1, -0.05) is 24.3 Å². The number of nitrogens with zero attached hydrogens (tertiary/aromatic N) is 3. The van der Waals surface area contributed by atoms with Gasteiger partial charge in [-0.25, -0.2) is 4.79 Å². The summed E-state index contributed by atoms with van der Waals surface area (Å²) in [4.78, 5) is 27.8. The Bertz CT molecular complexity index is 837. The molecule has 3 rings (SSSR count). The number of rotatable bonds is 4. The van der Waals surface area contributed by atoms with Gasteiger partial charge in [0.25, 0.3) is 5.56 Å². The number of hydrogen-bond donors (Lipinski definition) is 1. The van der Waals surface area contributed by atoms with Gasteiger partial charge < -0.3 is 0 Å². The molecular weight excluding hydrogens is 292 g/mol. The Labute approximate surface area is 133 Å². The molecule has 2 aromatic rings. The van der Waals surface area contributed by atoms with Crippen LogP contribution in [0, 0.1) is 11.3 Å². The van der Waals surface area contributed by atoms with Crippen LogP contribution in [0.3, 0.4) is 0 Å².